The van der Waals surface area contributed by atoms with E-state index in [9.17, 15) is 4.79 Å². The lowest BCUT2D eigenvalue weighted by Crippen LogP contribution is -2.68. The van der Waals surface area contributed by atoms with E-state index in [1.807, 2.05) is 6.07 Å². The number of methoxy groups -OCH3 is 1. The molecule has 0 aromatic carbocycles. The number of nitrogens with zero attached hydrogens (tertiary/aromatic N) is 3. The lowest BCUT2D eigenvalue weighted by molar-refractivity contribution is -0.147. The molecule has 6 nitrogen and oxygen atoms in total. The summed E-state index contributed by atoms with van der Waals surface area (Å²) in [6.07, 6.45) is 11.3. The van der Waals surface area contributed by atoms with E-state index in [0.717, 1.165) is 44.3 Å². The Morgan fingerprint density at radius 1 is 1.34 bits per heavy atom. The van der Waals surface area contributed by atoms with Crippen molar-refractivity contribution in [1.82, 2.24) is 14.2 Å². The van der Waals surface area contributed by atoms with Gasteiger partial charge >= 0.3 is 0 Å². The predicted molar refractivity (Wildman–Crippen MR) is 115 cm³/mol. The minimum absolute atomic E-state index is 0.0656. The Labute approximate surface area is 180 Å². The molecule has 3 aliphatic heterocycles. The van der Waals surface area contributed by atoms with Crippen LogP contribution in [0.25, 0.3) is 0 Å². The van der Waals surface area contributed by atoms with Crippen LogP contribution in [0.2, 0.25) is 5.15 Å². The molecule has 8 heteroatoms. The van der Waals surface area contributed by atoms with Gasteiger partial charge in [0.2, 0.25) is 5.91 Å². The fourth-order valence-corrected chi connectivity index (χ4v) is 6.22. The molecule has 29 heavy (non-hydrogen) atoms. The maximum absolute atomic E-state index is 13.4. The van der Waals surface area contributed by atoms with Gasteiger partial charge in [-0.25, -0.2) is 9.29 Å². The van der Waals surface area contributed by atoms with Gasteiger partial charge in [-0.2, -0.15) is 0 Å². The van der Waals surface area contributed by atoms with Crippen LogP contribution >= 0.6 is 23.7 Å². The molecule has 5 rings (SSSR count). The van der Waals surface area contributed by atoms with Crippen LogP contribution in [0.4, 0.5) is 5.69 Å². The molecule has 1 amide bonds. The van der Waals surface area contributed by atoms with Crippen LogP contribution in [0.1, 0.15) is 32.1 Å². The second-order valence-electron chi connectivity index (χ2n) is 8.06. The van der Waals surface area contributed by atoms with Crippen molar-refractivity contribution in [3.8, 4) is 0 Å². The second-order valence-corrected chi connectivity index (χ2v) is 9.26. The molecule has 1 aliphatic carbocycles. The zero-order valence-electron chi connectivity index (χ0n) is 16.4. The first-order valence-electron chi connectivity index (χ1n) is 10.2. The molecule has 4 atom stereocenters. The number of amides is 1. The van der Waals surface area contributed by atoms with Gasteiger partial charge in [0.05, 0.1) is 24.0 Å². The number of carbonyl (C=O) groups excluding carboxylic acids is 1. The van der Waals surface area contributed by atoms with Crippen molar-refractivity contribution in [3.05, 3.63) is 46.8 Å². The third kappa shape index (κ3) is 3.48. The molecule has 2 saturated heterocycles. The monoisotopic (exact) mass is 432 g/mol. The van der Waals surface area contributed by atoms with Crippen LogP contribution in [0.3, 0.4) is 0 Å². The number of carbonyl (C=O) groups is 1. The first kappa shape index (κ1) is 19.4. The molecule has 1 aromatic heterocycles. The number of aromatic nitrogens is 1. The first-order chi connectivity index (χ1) is 14.2. The van der Waals surface area contributed by atoms with Crippen molar-refractivity contribution in [1.29, 1.82) is 0 Å². The second kappa shape index (κ2) is 7.95. The number of rotatable bonds is 4. The number of fused-ring (bicyclic) bond motifs is 5. The van der Waals surface area contributed by atoms with E-state index in [1.165, 1.54) is 23.3 Å². The Hall–Kier alpha value is -1.54. The summed E-state index contributed by atoms with van der Waals surface area (Å²) in [5, 5.41) is 0.473. The average Bonchev–Trinajstić information content (AvgIpc) is 2.76. The molecular weight excluding hydrogens is 408 g/mol. The van der Waals surface area contributed by atoms with Gasteiger partial charge in [0, 0.05) is 31.8 Å². The molecule has 1 aromatic rings. The molecule has 4 heterocycles. The summed E-state index contributed by atoms with van der Waals surface area (Å²) in [7, 11) is 1.77. The maximum Gasteiger partial charge on any atom is 0.241 e. The molecule has 0 saturated carbocycles. The summed E-state index contributed by atoms with van der Waals surface area (Å²) in [6, 6.07) is 4.05. The molecule has 2 fully saturated rings. The minimum Gasteiger partial charge on any atom is -0.377 e. The fraction of sp³-hybridized carbons (Fsp3) is 0.524. The summed E-state index contributed by atoms with van der Waals surface area (Å²) >= 11 is 7.43. The highest BCUT2D eigenvalue weighted by Crippen LogP contribution is 2.44. The topological polar surface area (TPSA) is 57.7 Å². The number of piperazine rings is 1. The number of hydrogen-bond acceptors (Lipinski definition) is 6. The fourth-order valence-electron chi connectivity index (χ4n) is 5.10. The van der Waals surface area contributed by atoms with Gasteiger partial charge in [0.1, 0.15) is 11.2 Å². The molecule has 0 spiro atoms. The van der Waals surface area contributed by atoms with E-state index in [2.05, 4.69) is 31.1 Å². The van der Waals surface area contributed by atoms with E-state index in [0.29, 0.717) is 11.2 Å². The summed E-state index contributed by atoms with van der Waals surface area (Å²) in [5.74, 6) is 0.267. The number of nitrogens with one attached hydrogen (secondary N) is 1. The van der Waals surface area contributed by atoms with Gasteiger partial charge in [0.15, 0.2) is 0 Å². The third-order valence-electron chi connectivity index (χ3n) is 6.50. The lowest BCUT2D eigenvalue weighted by Gasteiger charge is -2.55. The average molecular weight is 433 g/mol. The van der Waals surface area contributed by atoms with Crippen LogP contribution in [-0.4, -0.2) is 58.0 Å². The van der Waals surface area contributed by atoms with Crippen molar-refractivity contribution in [2.75, 3.05) is 18.4 Å². The highest BCUT2D eigenvalue weighted by atomic mass is 35.5. The summed E-state index contributed by atoms with van der Waals surface area (Å²) in [6.45, 7) is 0.826. The molecule has 0 radical (unpaired) electrons. The Morgan fingerprint density at radius 3 is 3.03 bits per heavy atom. The minimum atomic E-state index is -0.0656. The smallest absolute Gasteiger partial charge is 0.241 e. The number of hydrogen-bond donors (Lipinski definition) is 1. The van der Waals surface area contributed by atoms with Gasteiger partial charge in [0.25, 0.3) is 0 Å². The highest BCUT2D eigenvalue weighted by Gasteiger charge is 2.51. The molecular formula is C21H25ClN4O2S. The number of piperidine rings is 1. The van der Waals surface area contributed by atoms with Crippen molar-refractivity contribution in [2.24, 2.45) is 0 Å². The molecule has 1 N–H and O–H groups in total. The molecule has 4 aliphatic rings. The Morgan fingerprint density at radius 2 is 2.24 bits per heavy atom. The normalized spacial score (nSPS) is 31.5. The largest absolute Gasteiger partial charge is 0.377 e. The number of ether oxygens (including phenoxy) is 1. The molecule has 4 unspecified atom stereocenters. The number of halogens is 1. The third-order valence-corrected chi connectivity index (χ3v) is 7.78. The summed E-state index contributed by atoms with van der Waals surface area (Å²) in [4.78, 5) is 19.7. The maximum atomic E-state index is 13.4. The summed E-state index contributed by atoms with van der Waals surface area (Å²) in [5.41, 5.74) is 3.68. The standard InChI is InChI=1S/C21H25ClN4O2S/c1-28-15-6-7-16-13(11-15)9-10-25-20(16)17-3-2-4-18(21(25)27)26(17)29-24-14-5-8-19(22)23-12-14/h5-8,12,15,17-18,20,24H,2-4,9-11H2,1H3. The van der Waals surface area contributed by atoms with Crippen molar-refractivity contribution >= 4 is 35.3 Å². The number of anilines is 1. The van der Waals surface area contributed by atoms with E-state index >= 15 is 0 Å². The summed E-state index contributed by atoms with van der Waals surface area (Å²) < 4.78 is 11.2. The lowest BCUT2D eigenvalue weighted by atomic mass is 9.77. The Bertz CT molecular complexity index is 859. The van der Waals surface area contributed by atoms with Crippen molar-refractivity contribution in [3.63, 3.8) is 0 Å². The zero-order chi connectivity index (χ0) is 20.0. The van der Waals surface area contributed by atoms with E-state index in [4.69, 9.17) is 16.3 Å². The van der Waals surface area contributed by atoms with Gasteiger partial charge in [-0.05, 0) is 49.8 Å². The highest BCUT2D eigenvalue weighted by molar-refractivity contribution is 7.98. The van der Waals surface area contributed by atoms with Gasteiger partial charge in [-0.3, -0.25) is 4.79 Å². The quantitative estimate of drug-likeness (QED) is 0.576. The van der Waals surface area contributed by atoms with Gasteiger partial charge < -0.3 is 14.4 Å². The zero-order valence-corrected chi connectivity index (χ0v) is 18.0. The Kier molecular flexibility index (Phi) is 5.32. The van der Waals surface area contributed by atoms with Crippen LogP contribution < -0.4 is 4.72 Å². The van der Waals surface area contributed by atoms with Crippen LogP contribution in [0.15, 0.2) is 41.6 Å². The SMILES string of the molecule is COC1C=CC2=C(CCN3C(=O)C4CCCC(C23)N4SNc2ccc(Cl)nc2)C1. The number of pyridine rings is 1. The molecule has 154 valence electrons. The van der Waals surface area contributed by atoms with Crippen LogP contribution in [0, 0.1) is 0 Å². The van der Waals surface area contributed by atoms with E-state index in [-0.39, 0.29) is 24.1 Å². The predicted octanol–water partition coefficient (Wildman–Crippen LogP) is 3.82. The van der Waals surface area contributed by atoms with Crippen LogP contribution in [-0.2, 0) is 9.53 Å². The van der Waals surface area contributed by atoms with Crippen LogP contribution in [0.5, 0.6) is 0 Å². The van der Waals surface area contributed by atoms with Gasteiger partial charge in [-0.1, -0.05) is 29.3 Å². The van der Waals surface area contributed by atoms with Crippen molar-refractivity contribution < 1.29 is 9.53 Å². The van der Waals surface area contributed by atoms with E-state index < -0.39 is 0 Å². The molecule has 2 bridgehead atoms. The first-order valence-corrected chi connectivity index (χ1v) is 11.4. The van der Waals surface area contributed by atoms with Crippen molar-refractivity contribution in [2.45, 2.75) is 56.3 Å². The van der Waals surface area contributed by atoms with Gasteiger partial charge in [-0.15, -0.1) is 0 Å². The Balaban J connectivity index is 1.41. The van der Waals surface area contributed by atoms with E-state index in [1.54, 1.807) is 19.4 Å².